The van der Waals surface area contributed by atoms with E-state index in [9.17, 15) is 18.8 Å². The summed E-state index contributed by atoms with van der Waals surface area (Å²) < 4.78 is 26.2. The van der Waals surface area contributed by atoms with E-state index < -0.39 is 11.9 Å². The largest absolute Gasteiger partial charge is 0.479 e. The topological polar surface area (TPSA) is 89.0 Å². The molecular weight excluding hydrogens is 441 g/mol. The maximum atomic E-state index is 14.5. The number of halogens is 1. The fraction of sp³-hybridized carbons (Fsp3) is 0.440. The van der Waals surface area contributed by atoms with Crippen molar-refractivity contribution in [2.45, 2.75) is 38.2 Å². The Morgan fingerprint density at radius 1 is 1.18 bits per heavy atom. The van der Waals surface area contributed by atoms with Gasteiger partial charge < -0.3 is 19.3 Å². The van der Waals surface area contributed by atoms with Crippen molar-refractivity contribution in [1.29, 1.82) is 0 Å². The molecule has 0 bridgehead atoms. The van der Waals surface area contributed by atoms with Gasteiger partial charge in [0, 0.05) is 44.7 Å². The van der Waals surface area contributed by atoms with Gasteiger partial charge in [-0.15, -0.1) is 0 Å². The molecule has 5 rings (SSSR count). The van der Waals surface area contributed by atoms with Crippen LogP contribution in [0.4, 0.5) is 10.1 Å². The minimum absolute atomic E-state index is 0.108. The Morgan fingerprint density at radius 3 is 2.71 bits per heavy atom. The second kappa shape index (κ2) is 8.70. The molecule has 1 saturated carbocycles. The van der Waals surface area contributed by atoms with Gasteiger partial charge in [-0.3, -0.25) is 14.4 Å². The zero-order chi connectivity index (χ0) is 24.0. The Morgan fingerprint density at radius 2 is 1.97 bits per heavy atom. The van der Waals surface area contributed by atoms with Gasteiger partial charge in [0.1, 0.15) is 17.1 Å². The van der Waals surface area contributed by atoms with Crippen LogP contribution in [0.2, 0.25) is 0 Å². The number of fused-ring (bicyclic) bond motifs is 1. The highest BCUT2D eigenvalue weighted by Crippen LogP contribution is 2.33. The number of anilines is 1. The average Bonchev–Trinajstić information content (AvgIpc) is 3.48. The number of aromatic nitrogens is 1. The minimum Gasteiger partial charge on any atom is -0.479 e. The monoisotopic (exact) mass is 467 g/mol. The Kier molecular flexibility index (Phi) is 5.71. The minimum atomic E-state index is -0.811. The van der Waals surface area contributed by atoms with Gasteiger partial charge in [-0.1, -0.05) is 0 Å². The second-order valence-electron chi connectivity index (χ2n) is 9.24. The number of hydrogen-bond donors (Lipinski definition) is 0. The Hall–Kier alpha value is -3.49. The molecule has 1 aromatic carbocycles. The van der Waals surface area contributed by atoms with Crippen molar-refractivity contribution in [3.63, 3.8) is 0 Å². The van der Waals surface area contributed by atoms with E-state index in [0.29, 0.717) is 48.7 Å². The van der Waals surface area contributed by atoms with Crippen molar-refractivity contribution in [2.24, 2.45) is 5.92 Å². The fourth-order valence-electron chi connectivity index (χ4n) is 4.33. The van der Waals surface area contributed by atoms with E-state index in [-0.39, 0.29) is 41.2 Å². The zero-order valence-electron chi connectivity index (χ0n) is 19.2. The predicted octanol–water partition coefficient (Wildman–Crippen LogP) is 3.02. The van der Waals surface area contributed by atoms with Crippen LogP contribution in [0.5, 0.6) is 11.6 Å². The smallest absolute Gasteiger partial charge is 0.268 e. The third-order valence-corrected chi connectivity index (χ3v) is 6.44. The summed E-state index contributed by atoms with van der Waals surface area (Å²) in [7, 11) is 3.28. The van der Waals surface area contributed by atoms with Crippen molar-refractivity contribution in [1.82, 2.24) is 9.88 Å². The molecule has 2 aromatic rings. The van der Waals surface area contributed by atoms with Crippen molar-refractivity contribution in [3.8, 4) is 11.6 Å². The standard InChI is InChI=1S/C25H26FN3O5/c1-28(2)24(31)19-11-16(12-27-23(19)33-13-14-3-4-14)34-22-7-8-29(25(22)32)15-9-18-17(20(26)10-15)5-6-21(18)30/h9-12,14,22H,3-8,13H2,1-2H3. The van der Waals surface area contributed by atoms with Gasteiger partial charge in [0.15, 0.2) is 11.9 Å². The van der Waals surface area contributed by atoms with Crippen molar-refractivity contribution >= 4 is 23.3 Å². The van der Waals surface area contributed by atoms with E-state index in [2.05, 4.69) is 4.98 Å². The van der Waals surface area contributed by atoms with E-state index >= 15 is 0 Å². The van der Waals surface area contributed by atoms with Crippen LogP contribution in [0.1, 0.15) is 52.0 Å². The quantitative estimate of drug-likeness (QED) is 0.622. The Bertz CT molecular complexity index is 1180. The van der Waals surface area contributed by atoms with Gasteiger partial charge in [0.2, 0.25) is 5.88 Å². The molecule has 0 spiro atoms. The molecule has 2 fully saturated rings. The van der Waals surface area contributed by atoms with Crippen LogP contribution in [0.25, 0.3) is 0 Å². The summed E-state index contributed by atoms with van der Waals surface area (Å²) in [5.74, 6) is -0.158. The van der Waals surface area contributed by atoms with E-state index in [4.69, 9.17) is 9.47 Å². The number of ether oxygens (including phenoxy) is 2. The number of pyridine rings is 1. The van der Waals surface area contributed by atoms with E-state index in [1.807, 2.05) is 0 Å². The van der Waals surface area contributed by atoms with Crippen molar-refractivity contribution in [2.75, 3.05) is 32.1 Å². The summed E-state index contributed by atoms with van der Waals surface area (Å²) in [6, 6.07) is 4.44. The first-order valence-electron chi connectivity index (χ1n) is 11.5. The first-order valence-corrected chi connectivity index (χ1v) is 11.5. The molecule has 1 saturated heterocycles. The fourth-order valence-corrected chi connectivity index (χ4v) is 4.33. The molecular formula is C25H26FN3O5. The Labute approximate surface area is 196 Å². The number of Topliss-reactive ketones (excluding diaryl/α,β-unsaturated/α-hetero) is 1. The first kappa shape index (κ1) is 22.3. The maximum Gasteiger partial charge on any atom is 0.268 e. The number of rotatable bonds is 7. The van der Waals surface area contributed by atoms with Crippen LogP contribution < -0.4 is 14.4 Å². The SMILES string of the molecule is CN(C)C(=O)c1cc(OC2CCN(c3cc(F)c4c(c3)C(=O)CC4)C2=O)cnc1OCC1CC1. The number of carbonyl (C=O) groups excluding carboxylic acids is 3. The lowest BCUT2D eigenvalue weighted by Gasteiger charge is -2.19. The van der Waals surface area contributed by atoms with Crippen LogP contribution in [0.3, 0.4) is 0 Å². The van der Waals surface area contributed by atoms with Crippen LogP contribution in [-0.4, -0.2) is 60.8 Å². The molecule has 9 heteroatoms. The van der Waals surface area contributed by atoms with E-state index in [1.54, 1.807) is 26.2 Å². The highest BCUT2D eigenvalue weighted by atomic mass is 19.1. The summed E-state index contributed by atoms with van der Waals surface area (Å²) in [4.78, 5) is 45.0. The van der Waals surface area contributed by atoms with Gasteiger partial charge in [0.05, 0.1) is 12.8 Å². The van der Waals surface area contributed by atoms with E-state index in [1.165, 1.54) is 22.1 Å². The van der Waals surface area contributed by atoms with Crippen LogP contribution in [0, 0.1) is 11.7 Å². The molecule has 1 aliphatic heterocycles. The van der Waals surface area contributed by atoms with Crippen LogP contribution >= 0.6 is 0 Å². The third kappa shape index (κ3) is 4.22. The number of carbonyl (C=O) groups is 3. The van der Waals surface area contributed by atoms with Gasteiger partial charge in [0.25, 0.3) is 11.8 Å². The summed E-state index contributed by atoms with van der Waals surface area (Å²) in [5, 5.41) is 0. The molecule has 3 aliphatic rings. The van der Waals surface area contributed by atoms with Gasteiger partial charge in [-0.2, -0.15) is 0 Å². The third-order valence-electron chi connectivity index (χ3n) is 6.44. The zero-order valence-corrected chi connectivity index (χ0v) is 19.2. The number of benzene rings is 1. The normalized spacial score (nSPS) is 19.4. The molecule has 1 aromatic heterocycles. The molecule has 2 heterocycles. The lowest BCUT2D eigenvalue weighted by Crippen LogP contribution is -2.32. The second-order valence-corrected chi connectivity index (χ2v) is 9.24. The van der Waals surface area contributed by atoms with Gasteiger partial charge >= 0.3 is 0 Å². The van der Waals surface area contributed by atoms with Crippen molar-refractivity contribution in [3.05, 3.63) is 46.9 Å². The number of hydrogen-bond acceptors (Lipinski definition) is 6. The van der Waals surface area contributed by atoms with Crippen molar-refractivity contribution < 1.29 is 28.2 Å². The van der Waals surface area contributed by atoms with Gasteiger partial charge in [-0.25, -0.2) is 9.37 Å². The summed E-state index contributed by atoms with van der Waals surface area (Å²) >= 11 is 0. The lowest BCUT2D eigenvalue weighted by molar-refractivity contribution is -0.122. The lowest BCUT2D eigenvalue weighted by atomic mass is 10.1. The number of nitrogens with zero attached hydrogens (tertiary/aromatic N) is 3. The number of ketones is 1. The molecule has 2 amide bonds. The molecule has 34 heavy (non-hydrogen) atoms. The average molecular weight is 467 g/mol. The highest BCUT2D eigenvalue weighted by Gasteiger charge is 2.36. The summed E-state index contributed by atoms with van der Waals surface area (Å²) in [5.41, 5.74) is 1.39. The molecule has 0 N–H and O–H groups in total. The molecule has 2 aliphatic carbocycles. The molecule has 8 nitrogen and oxygen atoms in total. The van der Waals surface area contributed by atoms with E-state index in [0.717, 1.165) is 12.8 Å². The summed E-state index contributed by atoms with van der Waals surface area (Å²) in [6.45, 7) is 0.840. The molecule has 0 radical (unpaired) electrons. The van der Waals surface area contributed by atoms with Gasteiger partial charge in [-0.05, 0) is 48.9 Å². The van der Waals surface area contributed by atoms with Crippen LogP contribution in [-0.2, 0) is 11.2 Å². The molecule has 1 atom stereocenters. The molecule has 1 unspecified atom stereocenters. The first-order chi connectivity index (χ1) is 16.3. The predicted molar refractivity (Wildman–Crippen MR) is 121 cm³/mol. The highest BCUT2D eigenvalue weighted by molar-refractivity contribution is 6.04. The van der Waals surface area contributed by atoms with Crippen LogP contribution in [0.15, 0.2) is 24.4 Å². The Balaban J connectivity index is 1.34. The summed E-state index contributed by atoms with van der Waals surface area (Å²) in [6.07, 6.45) is 3.91. The maximum absolute atomic E-state index is 14.5. The molecule has 178 valence electrons. The number of amides is 2.